The van der Waals surface area contributed by atoms with Gasteiger partial charge in [0.1, 0.15) is 5.75 Å². The van der Waals surface area contributed by atoms with Crippen molar-refractivity contribution in [2.45, 2.75) is 0 Å². The molecule has 0 saturated carbocycles. The number of rotatable bonds is 4. The molecule has 19 heavy (non-hydrogen) atoms. The minimum absolute atomic E-state index is 0.652. The minimum atomic E-state index is -0.978. The lowest BCUT2D eigenvalue weighted by molar-refractivity contribution is -0.131. The second-order valence-corrected chi connectivity index (χ2v) is 3.99. The topological polar surface area (TPSA) is 46.5 Å². The first-order chi connectivity index (χ1) is 9.20. The molecule has 0 fully saturated rings. The molecule has 3 nitrogen and oxygen atoms in total. The normalized spacial score (nSPS) is 10.6. The molecule has 0 unspecified atom stereocenters. The van der Waals surface area contributed by atoms with Crippen LogP contribution in [0.1, 0.15) is 5.56 Å². The van der Waals surface area contributed by atoms with Gasteiger partial charge in [0.05, 0.1) is 7.11 Å². The van der Waals surface area contributed by atoms with E-state index in [-0.39, 0.29) is 0 Å². The Kier molecular flexibility index (Phi) is 3.98. The van der Waals surface area contributed by atoms with Crippen LogP contribution in [0.4, 0.5) is 0 Å². The summed E-state index contributed by atoms with van der Waals surface area (Å²) in [5.41, 5.74) is 2.86. The molecule has 2 rings (SSSR count). The zero-order valence-corrected chi connectivity index (χ0v) is 10.5. The fourth-order valence-corrected chi connectivity index (χ4v) is 1.82. The summed E-state index contributed by atoms with van der Waals surface area (Å²) in [5, 5.41) is 8.64. The van der Waals surface area contributed by atoms with Gasteiger partial charge in [-0.05, 0) is 23.3 Å². The number of aliphatic carboxylic acids is 1. The summed E-state index contributed by atoms with van der Waals surface area (Å²) < 4.78 is 5.30. The van der Waals surface area contributed by atoms with E-state index in [1.165, 1.54) is 6.08 Å². The quantitative estimate of drug-likeness (QED) is 0.850. The highest BCUT2D eigenvalue weighted by molar-refractivity contribution is 5.86. The second kappa shape index (κ2) is 5.87. The molecule has 0 spiro atoms. The first-order valence-electron chi connectivity index (χ1n) is 5.85. The van der Waals surface area contributed by atoms with Gasteiger partial charge in [0, 0.05) is 11.6 Å². The van der Waals surface area contributed by atoms with E-state index >= 15 is 0 Å². The third kappa shape index (κ3) is 3.22. The monoisotopic (exact) mass is 254 g/mol. The zero-order chi connectivity index (χ0) is 13.7. The van der Waals surface area contributed by atoms with Gasteiger partial charge >= 0.3 is 5.97 Å². The van der Waals surface area contributed by atoms with Crippen LogP contribution in [-0.4, -0.2) is 18.2 Å². The summed E-state index contributed by atoms with van der Waals surface area (Å²) >= 11 is 0. The standard InChI is InChI=1S/C16H14O3/c1-19-15-11-14(12-5-3-2-4-6-12)8-7-13(15)9-10-16(17)18/h2-11H,1H3,(H,17,18)/b10-9+. The van der Waals surface area contributed by atoms with Gasteiger partial charge in [-0.1, -0.05) is 42.5 Å². The molecular formula is C16H14O3. The van der Waals surface area contributed by atoms with Crippen LogP contribution < -0.4 is 4.74 Å². The third-order valence-electron chi connectivity index (χ3n) is 2.75. The van der Waals surface area contributed by atoms with Crippen molar-refractivity contribution in [3.05, 3.63) is 60.2 Å². The van der Waals surface area contributed by atoms with E-state index in [9.17, 15) is 4.79 Å². The number of hydrogen-bond acceptors (Lipinski definition) is 2. The predicted octanol–water partition coefficient (Wildman–Crippen LogP) is 3.46. The van der Waals surface area contributed by atoms with E-state index in [4.69, 9.17) is 9.84 Å². The Bertz CT molecular complexity index is 601. The molecule has 2 aromatic carbocycles. The van der Waals surface area contributed by atoms with Crippen LogP contribution in [-0.2, 0) is 4.79 Å². The van der Waals surface area contributed by atoms with E-state index in [1.54, 1.807) is 7.11 Å². The van der Waals surface area contributed by atoms with Gasteiger partial charge < -0.3 is 9.84 Å². The Morgan fingerprint density at radius 3 is 2.47 bits per heavy atom. The number of carboxylic acids is 1. The van der Waals surface area contributed by atoms with Crippen LogP contribution in [0.2, 0.25) is 0 Å². The first-order valence-corrected chi connectivity index (χ1v) is 5.85. The van der Waals surface area contributed by atoms with Crippen molar-refractivity contribution in [2.75, 3.05) is 7.11 Å². The zero-order valence-electron chi connectivity index (χ0n) is 10.5. The number of hydrogen-bond donors (Lipinski definition) is 1. The van der Waals surface area contributed by atoms with Crippen molar-refractivity contribution < 1.29 is 14.6 Å². The fourth-order valence-electron chi connectivity index (χ4n) is 1.82. The lowest BCUT2D eigenvalue weighted by atomic mass is 10.0. The van der Waals surface area contributed by atoms with Crippen LogP contribution >= 0.6 is 0 Å². The van der Waals surface area contributed by atoms with Crippen LogP contribution in [0.3, 0.4) is 0 Å². The summed E-state index contributed by atoms with van der Waals surface area (Å²) in [6.45, 7) is 0. The lowest BCUT2D eigenvalue weighted by Gasteiger charge is -2.08. The molecular weight excluding hydrogens is 240 g/mol. The van der Waals surface area contributed by atoms with Gasteiger partial charge in [-0.25, -0.2) is 4.79 Å². The number of carboxylic acid groups (broad SMARTS) is 1. The average molecular weight is 254 g/mol. The predicted molar refractivity (Wildman–Crippen MR) is 75.1 cm³/mol. The third-order valence-corrected chi connectivity index (χ3v) is 2.75. The molecule has 0 heterocycles. The second-order valence-electron chi connectivity index (χ2n) is 3.99. The van der Waals surface area contributed by atoms with Crippen LogP contribution in [0, 0.1) is 0 Å². The van der Waals surface area contributed by atoms with Crippen LogP contribution in [0.5, 0.6) is 5.75 Å². The summed E-state index contributed by atoms with van der Waals surface area (Å²) in [4.78, 5) is 10.5. The van der Waals surface area contributed by atoms with E-state index in [2.05, 4.69) is 0 Å². The average Bonchev–Trinajstić information content (AvgIpc) is 2.45. The smallest absolute Gasteiger partial charge is 0.328 e. The Morgan fingerprint density at radius 1 is 1.11 bits per heavy atom. The summed E-state index contributed by atoms with van der Waals surface area (Å²) in [7, 11) is 1.57. The van der Waals surface area contributed by atoms with Gasteiger partial charge in [-0.15, -0.1) is 0 Å². The highest BCUT2D eigenvalue weighted by atomic mass is 16.5. The molecule has 2 aromatic rings. The summed E-state index contributed by atoms with van der Waals surface area (Å²) in [6.07, 6.45) is 2.62. The highest BCUT2D eigenvalue weighted by Crippen LogP contribution is 2.27. The minimum Gasteiger partial charge on any atom is -0.496 e. The van der Waals surface area contributed by atoms with Crippen molar-refractivity contribution in [3.63, 3.8) is 0 Å². The summed E-state index contributed by atoms with van der Waals surface area (Å²) in [6, 6.07) is 15.6. The van der Waals surface area contributed by atoms with Gasteiger partial charge in [0.2, 0.25) is 0 Å². The lowest BCUT2D eigenvalue weighted by Crippen LogP contribution is -1.90. The number of ether oxygens (including phenoxy) is 1. The number of methoxy groups -OCH3 is 1. The maximum atomic E-state index is 10.5. The van der Waals surface area contributed by atoms with E-state index < -0.39 is 5.97 Å². The maximum Gasteiger partial charge on any atom is 0.328 e. The largest absolute Gasteiger partial charge is 0.496 e. The highest BCUT2D eigenvalue weighted by Gasteiger charge is 2.04. The molecule has 0 aliphatic rings. The molecule has 0 aliphatic heterocycles. The van der Waals surface area contributed by atoms with E-state index in [1.807, 2.05) is 48.5 Å². The summed E-state index contributed by atoms with van der Waals surface area (Å²) in [5.74, 6) is -0.326. The molecule has 0 saturated heterocycles. The molecule has 0 bridgehead atoms. The molecule has 0 amide bonds. The maximum absolute atomic E-state index is 10.5. The van der Waals surface area contributed by atoms with Crippen molar-refractivity contribution in [1.29, 1.82) is 0 Å². The van der Waals surface area contributed by atoms with E-state index in [0.29, 0.717) is 5.75 Å². The first kappa shape index (κ1) is 12.9. The van der Waals surface area contributed by atoms with Crippen molar-refractivity contribution in [3.8, 4) is 16.9 Å². The van der Waals surface area contributed by atoms with E-state index in [0.717, 1.165) is 22.8 Å². The Hall–Kier alpha value is -2.55. The number of benzene rings is 2. The Morgan fingerprint density at radius 2 is 1.84 bits per heavy atom. The molecule has 0 aromatic heterocycles. The molecule has 96 valence electrons. The van der Waals surface area contributed by atoms with Crippen molar-refractivity contribution in [2.24, 2.45) is 0 Å². The van der Waals surface area contributed by atoms with Crippen LogP contribution in [0.15, 0.2) is 54.6 Å². The van der Waals surface area contributed by atoms with Crippen LogP contribution in [0.25, 0.3) is 17.2 Å². The fraction of sp³-hybridized carbons (Fsp3) is 0.0625. The molecule has 1 N–H and O–H groups in total. The van der Waals surface area contributed by atoms with Crippen molar-refractivity contribution >= 4 is 12.0 Å². The van der Waals surface area contributed by atoms with Gasteiger partial charge in [0.15, 0.2) is 0 Å². The molecule has 0 radical (unpaired) electrons. The molecule has 0 aliphatic carbocycles. The van der Waals surface area contributed by atoms with Gasteiger partial charge in [-0.2, -0.15) is 0 Å². The number of carbonyl (C=O) groups is 1. The SMILES string of the molecule is COc1cc(-c2ccccc2)ccc1/C=C/C(=O)O. The molecule has 3 heteroatoms. The van der Waals surface area contributed by atoms with Crippen molar-refractivity contribution in [1.82, 2.24) is 0 Å². The Labute approximate surface area is 111 Å². The Balaban J connectivity index is 2.39. The van der Waals surface area contributed by atoms with Gasteiger partial charge in [-0.3, -0.25) is 0 Å². The molecule has 0 atom stereocenters. The van der Waals surface area contributed by atoms with Gasteiger partial charge in [0.25, 0.3) is 0 Å².